The van der Waals surface area contributed by atoms with Crippen LogP contribution in [0.4, 0.5) is 5.69 Å². The lowest BCUT2D eigenvalue weighted by atomic mass is 10.1. The molecule has 22 heavy (non-hydrogen) atoms. The number of nitrogens with one attached hydrogen (secondary N) is 1. The second-order valence-electron chi connectivity index (χ2n) is 5.24. The summed E-state index contributed by atoms with van der Waals surface area (Å²) in [5, 5.41) is 3.55. The van der Waals surface area contributed by atoms with Crippen LogP contribution >= 0.6 is 23.1 Å². The van der Waals surface area contributed by atoms with Crippen molar-refractivity contribution in [1.29, 1.82) is 0 Å². The third-order valence-corrected chi connectivity index (χ3v) is 5.96. The maximum absolute atomic E-state index is 12.1. The number of ether oxygens (including phenoxy) is 1. The fraction of sp³-hybridized carbons (Fsp3) is 0.353. The molecule has 116 valence electrons. The van der Waals surface area contributed by atoms with Crippen LogP contribution in [-0.4, -0.2) is 30.6 Å². The highest BCUT2D eigenvalue weighted by molar-refractivity contribution is 7.99. The minimum Gasteiger partial charge on any atom is -0.465 e. The maximum atomic E-state index is 12.1. The van der Waals surface area contributed by atoms with Crippen LogP contribution in [0.5, 0.6) is 0 Å². The van der Waals surface area contributed by atoms with Gasteiger partial charge in [-0.1, -0.05) is 30.3 Å². The summed E-state index contributed by atoms with van der Waals surface area (Å²) in [5.41, 5.74) is 2.04. The second kappa shape index (κ2) is 7.20. The highest BCUT2D eigenvalue weighted by atomic mass is 32.2. The molecule has 1 aromatic heterocycles. The molecule has 0 atom stereocenters. The van der Waals surface area contributed by atoms with Crippen molar-refractivity contribution >= 4 is 34.8 Å². The molecule has 0 radical (unpaired) electrons. The zero-order valence-electron chi connectivity index (χ0n) is 12.5. The maximum Gasteiger partial charge on any atom is 0.350 e. The smallest absolute Gasteiger partial charge is 0.350 e. The zero-order chi connectivity index (χ0) is 15.4. The molecule has 1 aliphatic rings. The van der Waals surface area contributed by atoms with E-state index in [1.165, 1.54) is 30.0 Å². The Kier molecular flexibility index (Phi) is 5.05. The molecule has 1 aliphatic heterocycles. The molecule has 0 bridgehead atoms. The molecule has 0 saturated carbocycles. The average Bonchev–Trinajstić information content (AvgIpc) is 3.00. The van der Waals surface area contributed by atoms with Crippen molar-refractivity contribution in [2.75, 3.05) is 23.9 Å². The summed E-state index contributed by atoms with van der Waals surface area (Å²) < 4.78 is 4.94. The van der Waals surface area contributed by atoms with Crippen LogP contribution in [0.1, 0.15) is 22.5 Å². The minimum atomic E-state index is -0.264. The molecule has 1 saturated heterocycles. The summed E-state index contributed by atoms with van der Waals surface area (Å²) in [4.78, 5) is 13.8. The van der Waals surface area contributed by atoms with E-state index in [0.717, 1.165) is 29.0 Å². The molecule has 0 unspecified atom stereocenters. The number of methoxy groups -OCH3 is 1. The first-order valence-corrected chi connectivity index (χ1v) is 9.37. The molecular weight excluding hydrogens is 314 g/mol. The fourth-order valence-corrected chi connectivity index (χ4v) is 4.70. The quantitative estimate of drug-likeness (QED) is 0.836. The molecule has 2 heterocycles. The van der Waals surface area contributed by atoms with Crippen LogP contribution in [0.25, 0.3) is 10.4 Å². The lowest BCUT2D eigenvalue weighted by Gasteiger charge is -2.23. The number of benzene rings is 1. The topological polar surface area (TPSA) is 38.3 Å². The molecule has 0 spiro atoms. The first-order chi connectivity index (χ1) is 10.8. The Labute approximate surface area is 139 Å². The predicted octanol–water partition coefficient (Wildman–Crippen LogP) is 4.51. The van der Waals surface area contributed by atoms with Crippen molar-refractivity contribution in [3.8, 4) is 10.4 Å². The highest BCUT2D eigenvalue weighted by Gasteiger charge is 2.21. The summed E-state index contributed by atoms with van der Waals surface area (Å²) in [6, 6.07) is 12.7. The van der Waals surface area contributed by atoms with Gasteiger partial charge in [-0.3, -0.25) is 0 Å². The zero-order valence-corrected chi connectivity index (χ0v) is 14.1. The van der Waals surface area contributed by atoms with E-state index in [1.807, 2.05) is 30.0 Å². The number of hydrogen-bond donors (Lipinski definition) is 1. The third kappa shape index (κ3) is 3.47. The van der Waals surface area contributed by atoms with Gasteiger partial charge in [0.25, 0.3) is 0 Å². The Morgan fingerprint density at radius 3 is 2.64 bits per heavy atom. The number of thiophene rings is 1. The third-order valence-electron chi connectivity index (χ3n) is 3.74. The van der Waals surface area contributed by atoms with E-state index >= 15 is 0 Å². The van der Waals surface area contributed by atoms with Crippen LogP contribution < -0.4 is 5.32 Å². The largest absolute Gasteiger partial charge is 0.465 e. The average molecular weight is 333 g/mol. The summed E-state index contributed by atoms with van der Waals surface area (Å²) in [7, 11) is 1.44. The molecule has 3 nitrogen and oxygen atoms in total. The summed E-state index contributed by atoms with van der Waals surface area (Å²) >= 11 is 3.49. The predicted molar refractivity (Wildman–Crippen MR) is 95.1 cm³/mol. The van der Waals surface area contributed by atoms with Crippen molar-refractivity contribution < 1.29 is 9.53 Å². The molecule has 5 heteroatoms. The van der Waals surface area contributed by atoms with Crippen molar-refractivity contribution in [3.05, 3.63) is 41.3 Å². The Hall–Kier alpha value is -1.46. The summed E-state index contributed by atoms with van der Waals surface area (Å²) in [5.74, 6) is 2.10. The van der Waals surface area contributed by atoms with Crippen LogP contribution in [-0.2, 0) is 4.74 Å². The van der Waals surface area contributed by atoms with Gasteiger partial charge in [-0.2, -0.15) is 11.8 Å². The minimum absolute atomic E-state index is 0.264. The van der Waals surface area contributed by atoms with E-state index in [-0.39, 0.29) is 5.97 Å². The Bertz CT molecular complexity index is 633. The molecule has 0 aliphatic carbocycles. The van der Waals surface area contributed by atoms with Gasteiger partial charge in [0, 0.05) is 10.9 Å². The number of esters is 1. The number of thioether (sulfide) groups is 1. The number of carbonyl (C=O) groups excluding carboxylic acids is 1. The van der Waals surface area contributed by atoms with Gasteiger partial charge in [-0.25, -0.2) is 4.79 Å². The van der Waals surface area contributed by atoms with Gasteiger partial charge in [0.1, 0.15) is 4.88 Å². The Morgan fingerprint density at radius 1 is 1.23 bits per heavy atom. The highest BCUT2D eigenvalue weighted by Crippen LogP contribution is 2.36. The molecule has 3 rings (SSSR count). The fourth-order valence-electron chi connectivity index (χ4n) is 2.55. The summed E-state index contributed by atoms with van der Waals surface area (Å²) in [6.45, 7) is 0. The van der Waals surface area contributed by atoms with Gasteiger partial charge in [-0.15, -0.1) is 11.3 Å². The Morgan fingerprint density at radius 2 is 1.95 bits per heavy atom. The summed E-state index contributed by atoms with van der Waals surface area (Å²) in [6.07, 6.45) is 2.28. The molecular formula is C17H19NO2S2. The van der Waals surface area contributed by atoms with E-state index in [0.29, 0.717) is 10.9 Å². The lowest BCUT2D eigenvalue weighted by molar-refractivity contribution is 0.0607. The van der Waals surface area contributed by atoms with Gasteiger partial charge in [0.15, 0.2) is 0 Å². The SMILES string of the molecule is COC(=O)c1sc(-c2ccccc2)cc1NC1CCSCC1. The molecule has 1 aromatic carbocycles. The van der Waals surface area contributed by atoms with Crippen molar-refractivity contribution in [3.63, 3.8) is 0 Å². The van der Waals surface area contributed by atoms with Gasteiger partial charge >= 0.3 is 5.97 Å². The van der Waals surface area contributed by atoms with Gasteiger partial charge in [0.05, 0.1) is 12.8 Å². The Balaban J connectivity index is 1.89. The van der Waals surface area contributed by atoms with E-state index in [2.05, 4.69) is 23.5 Å². The van der Waals surface area contributed by atoms with Gasteiger partial charge < -0.3 is 10.1 Å². The number of hydrogen-bond acceptors (Lipinski definition) is 5. The van der Waals surface area contributed by atoms with Crippen LogP contribution in [0.15, 0.2) is 36.4 Å². The number of carbonyl (C=O) groups is 1. The molecule has 1 fully saturated rings. The van der Waals surface area contributed by atoms with Gasteiger partial charge in [0.2, 0.25) is 0 Å². The number of anilines is 1. The van der Waals surface area contributed by atoms with E-state index < -0.39 is 0 Å². The van der Waals surface area contributed by atoms with Crippen LogP contribution in [0.3, 0.4) is 0 Å². The van der Waals surface area contributed by atoms with Crippen LogP contribution in [0, 0.1) is 0 Å². The van der Waals surface area contributed by atoms with Crippen molar-refractivity contribution in [2.45, 2.75) is 18.9 Å². The second-order valence-corrected chi connectivity index (χ2v) is 7.52. The lowest BCUT2D eigenvalue weighted by Crippen LogP contribution is -2.25. The van der Waals surface area contributed by atoms with Gasteiger partial charge in [-0.05, 0) is 36.0 Å². The first-order valence-electron chi connectivity index (χ1n) is 7.40. The monoisotopic (exact) mass is 333 g/mol. The van der Waals surface area contributed by atoms with E-state index in [4.69, 9.17) is 4.74 Å². The molecule has 2 aromatic rings. The van der Waals surface area contributed by atoms with Crippen molar-refractivity contribution in [2.24, 2.45) is 0 Å². The molecule has 0 amide bonds. The first kappa shape index (κ1) is 15.4. The number of rotatable bonds is 4. The normalized spacial score (nSPS) is 15.5. The van der Waals surface area contributed by atoms with Crippen molar-refractivity contribution in [1.82, 2.24) is 0 Å². The standard InChI is InChI=1S/C17H19NO2S2/c1-20-17(19)16-14(18-13-7-9-21-10-8-13)11-15(22-16)12-5-3-2-4-6-12/h2-6,11,13,18H,7-10H2,1H3. The van der Waals surface area contributed by atoms with E-state index in [1.54, 1.807) is 0 Å². The molecule has 1 N–H and O–H groups in total. The van der Waals surface area contributed by atoms with E-state index in [9.17, 15) is 4.79 Å². The van der Waals surface area contributed by atoms with Crippen LogP contribution in [0.2, 0.25) is 0 Å².